The van der Waals surface area contributed by atoms with E-state index < -0.39 is 0 Å². The molecule has 0 N–H and O–H groups in total. The fraction of sp³-hybridized carbons (Fsp3) is 0. The van der Waals surface area contributed by atoms with Crippen LogP contribution in [0.3, 0.4) is 0 Å². The van der Waals surface area contributed by atoms with Gasteiger partial charge >= 0.3 is 0 Å². The lowest BCUT2D eigenvalue weighted by Gasteiger charge is -1.76. The molecule has 0 atom stereocenters. The Morgan fingerprint density at radius 2 is 2.14 bits per heavy atom. The Labute approximate surface area is 47.2 Å². The van der Waals surface area contributed by atoms with Gasteiger partial charge < -0.3 is 0 Å². The Morgan fingerprint density at radius 1 is 1.57 bits per heavy atom. The van der Waals surface area contributed by atoms with Crippen LogP contribution < -0.4 is 0 Å². The first-order valence-electron chi connectivity index (χ1n) is 1.59. The van der Waals surface area contributed by atoms with Gasteiger partial charge in [-0.15, -0.1) is 0 Å². The maximum absolute atomic E-state index is 5.26. The van der Waals surface area contributed by atoms with Gasteiger partial charge in [0.1, 0.15) is 5.16 Å². The van der Waals surface area contributed by atoms with Gasteiger partial charge in [-0.25, -0.2) is 0 Å². The molecule has 0 bridgehead atoms. The van der Waals surface area contributed by atoms with E-state index in [0.29, 0.717) is 0 Å². The molecule has 0 fully saturated rings. The first kappa shape index (κ1) is 6.37. The Morgan fingerprint density at radius 3 is 2.29 bits per heavy atom. The predicted molar refractivity (Wildman–Crippen MR) is 33.0 cm³/mol. The van der Waals surface area contributed by atoms with Crippen molar-refractivity contribution in [1.82, 2.24) is 0 Å². The molecule has 0 saturated heterocycles. The Bertz CT molecular complexity index is 106. The Hall–Kier alpha value is -0.630. The molecule has 0 aromatic rings. The minimum Gasteiger partial charge on any atom is -0.269 e. The first-order valence-corrected chi connectivity index (χ1v) is 1.97. The van der Waals surface area contributed by atoms with Gasteiger partial charge in [0.25, 0.3) is 0 Å². The molecule has 0 saturated carbocycles. The third kappa shape index (κ3) is 3.19. The maximum atomic E-state index is 5.26. The standard InChI is InChI=1S/C4H5ClN2/c1-6-3-4(5)7-2/h3H,1-2H2. The lowest BCUT2D eigenvalue weighted by atomic mass is 10.9. The van der Waals surface area contributed by atoms with Crippen LogP contribution in [0.15, 0.2) is 21.3 Å². The first-order chi connectivity index (χ1) is 3.31. The normalized spacial score (nSPS) is 10.7. The van der Waals surface area contributed by atoms with Crippen molar-refractivity contribution in [3.05, 3.63) is 11.4 Å². The summed E-state index contributed by atoms with van der Waals surface area (Å²) in [6, 6.07) is 0. The zero-order valence-electron chi connectivity index (χ0n) is 3.76. The van der Waals surface area contributed by atoms with Crippen molar-refractivity contribution in [1.29, 1.82) is 0 Å². The molecule has 0 spiro atoms. The monoisotopic (exact) mass is 116 g/mol. The average Bonchev–Trinajstić information content (AvgIpc) is 1.68. The van der Waals surface area contributed by atoms with Crippen molar-refractivity contribution in [2.24, 2.45) is 9.98 Å². The summed E-state index contributed by atoms with van der Waals surface area (Å²) >= 11 is 5.26. The number of nitrogens with zero attached hydrogens (tertiary/aromatic N) is 2. The number of hydrogen-bond donors (Lipinski definition) is 0. The van der Waals surface area contributed by atoms with Crippen molar-refractivity contribution < 1.29 is 0 Å². The molecule has 0 radical (unpaired) electrons. The van der Waals surface area contributed by atoms with Crippen LogP contribution in [0.2, 0.25) is 0 Å². The summed E-state index contributed by atoms with van der Waals surface area (Å²) in [6.07, 6.45) is 1.31. The SMILES string of the molecule is C=NC=C(Cl)N=C. The second kappa shape index (κ2) is 3.56. The topological polar surface area (TPSA) is 24.7 Å². The summed E-state index contributed by atoms with van der Waals surface area (Å²) in [7, 11) is 0. The highest BCUT2D eigenvalue weighted by molar-refractivity contribution is 6.29. The van der Waals surface area contributed by atoms with Gasteiger partial charge in [0.05, 0.1) is 6.20 Å². The highest BCUT2D eigenvalue weighted by atomic mass is 35.5. The Balaban J connectivity index is 3.72. The average molecular weight is 117 g/mol. The molecule has 0 aliphatic rings. The maximum Gasteiger partial charge on any atom is 0.146 e. The van der Waals surface area contributed by atoms with Gasteiger partial charge in [-0.2, -0.15) is 0 Å². The quantitative estimate of drug-likeness (QED) is 0.385. The van der Waals surface area contributed by atoms with E-state index in [1.807, 2.05) is 0 Å². The molecular weight excluding hydrogens is 112 g/mol. The lowest BCUT2D eigenvalue weighted by Crippen LogP contribution is -1.55. The molecule has 7 heavy (non-hydrogen) atoms. The minimum absolute atomic E-state index is 0.259. The summed E-state index contributed by atoms with van der Waals surface area (Å²) in [6.45, 7) is 6.29. The summed E-state index contributed by atoms with van der Waals surface area (Å²) in [4.78, 5) is 6.65. The van der Waals surface area contributed by atoms with E-state index >= 15 is 0 Å². The fourth-order valence-electron chi connectivity index (χ4n) is 0.116. The van der Waals surface area contributed by atoms with Crippen LogP contribution in [-0.2, 0) is 0 Å². The fourth-order valence-corrected chi connectivity index (χ4v) is 0.185. The van der Waals surface area contributed by atoms with Gasteiger partial charge in [-0.3, -0.25) is 9.98 Å². The van der Waals surface area contributed by atoms with Crippen molar-refractivity contribution in [2.45, 2.75) is 0 Å². The molecule has 0 amide bonds. The molecule has 0 aliphatic heterocycles. The molecule has 2 nitrogen and oxygen atoms in total. The van der Waals surface area contributed by atoms with Gasteiger partial charge in [0, 0.05) is 0 Å². The molecule has 0 unspecified atom stereocenters. The van der Waals surface area contributed by atoms with Crippen molar-refractivity contribution in [2.75, 3.05) is 0 Å². The number of halogens is 1. The van der Waals surface area contributed by atoms with Crippen molar-refractivity contribution in [3.63, 3.8) is 0 Å². The van der Waals surface area contributed by atoms with Crippen LogP contribution in [0.5, 0.6) is 0 Å². The molecule has 0 aromatic carbocycles. The summed E-state index contributed by atoms with van der Waals surface area (Å²) in [5, 5.41) is 0.259. The third-order valence-corrected chi connectivity index (χ3v) is 0.566. The number of aliphatic imine (C=N–C) groups is 2. The largest absolute Gasteiger partial charge is 0.269 e. The Kier molecular flexibility index (Phi) is 3.24. The van der Waals surface area contributed by atoms with Crippen LogP contribution in [0.25, 0.3) is 0 Å². The predicted octanol–water partition coefficient (Wildman–Crippen LogP) is 1.43. The summed E-state index contributed by atoms with van der Waals surface area (Å²) < 4.78 is 0. The van der Waals surface area contributed by atoms with Crippen LogP contribution >= 0.6 is 11.6 Å². The van der Waals surface area contributed by atoms with E-state index in [0.717, 1.165) is 0 Å². The van der Waals surface area contributed by atoms with Gasteiger partial charge in [0.15, 0.2) is 0 Å². The van der Waals surface area contributed by atoms with E-state index in [-0.39, 0.29) is 5.16 Å². The van der Waals surface area contributed by atoms with Gasteiger partial charge in [-0.1, -0.05) is 11.6 Å². The summed E-state index contributed by atoms with van der Waals surface area (Å²) in [5.41, 5.74) is 0. The van der Waals surface area contributed by atoms with E-state index in [2.05, 4.69) is 23.4 Å². The smallest absolute Gasteiger partial charge is 0.146 e. The van der Waals surface area contributed by atoms with Gasteiger partial charge in [0.2, 0.25) is 0 Å². The van der Waals surface area contributed by atoms with E-state index in [4.69, 9.17) is 11.6 Å². The van der Waals surface area contributed by atoms with Crippen molar-refractivity contribution >= 4 is 25.0 Å². The zero-order valence-corrected chi connectivity index (χ0v) is 4.52. The molecule has 3 heteroatoms. The highest BCUT2D eigenvalue weighted by Crippen LogP contribution is 1.98. The minimum atomic E-state index is 0.259. The molecular formula is C4H5ClN2. The van der Waals surface area contributed by atoms with Gasteiger partial charge in [-0.05, 0) is 13.4 Å². The summed E-state index contributed by atoms with van der Waals surface area (Å²) in [5.74, 6) is 0. The third-order valence-electron chi connectivity index (χ3n) is 0.349. The second-order valence-electron chi connectivity index (χ2n) is 0.793. The van der Waals surface area contributed by atoms with E-state index in [1.165, 1.54) is 6.20 Å². The number of hydrogen-bond acceptors (Lipinski definition) is 2. The van der Waals surface area contributed by atoms with Crippen molar-refractivity contribution in [3.8, 4) is 0 Å². The molecule has 38 valence electrons. The van der Waals surface area contributed by atoms with Crippen LogP contribution in [-0.4, -0.2) is 13.4 Å². The van der Waals surface area contributed by atoms with Crippen LogP contribution in [0.4, 0.5) is 0 Å². The lowest BCUT2D eigenvalue weighted by molar-refractivity contribution is 1.47. The molecule has 0 rings (SSSR count). The second-order valence-corrected chi connectivity index (χ2v) is 1.18. The van der Waals surface area contributed by atoms with E-state index in [1.54, 1.807) is 0 Å². The number of rotatable bonds is 2. The van der Waals surface area contributed by atoms with E-state index in [9.17, 15) is 0 Å². The molecule has 0 heterocycles. The van der Waals surface area contributed by atoms with Crippen LogP contribution in [0.1, 0.15) is 0 Å². The molecule has 0 aliphatic carbocycles. The molecule has 0 aromatic heterocycles. The zero-order chi connectivity index (χ0) is 5.70. The van der Waals surface area contributed by atoms with Crippen LogP contribution in [0, 0.1) is 0 Å². The highest BCUT2D eigenvalue weighted by Gasteiger charge is 1.74.